The van der Waals surface area contributed by atoms with Crippen molar-refractivity contribution >= 4 is 0 Å². The molecule has 2 aromatic rings. The lowest BCUT2D eigenvalue weighted by Crippen LogP contribution is -2.38. The third kappa shape index (κ3) is 3.07. The summed E-state index contributed by atoms with van der Waals surface area (Å²) in [6, 6.07) is 11.5. The van der Waals surface area contributed by atoms with Gasteiger partial charge < -0.3 is 15.0 Å². The first kappa shape index (κ1) is 16.3. The molecule has 1 aromatic heterocycles. The maximum atomic E-state index is 12.8. The third-order valence-electron chi connectivity index (χ3n) is 3.70. The summed E-state index contributed by atoms with van der Waals surface area (Å²) in [5.74, 6) is 0.756. The predicted molar refractivity (Wildman–Crippen MR) is 90.2 cm³/mol. The van der Waals surface area contributed by atoms with Crippen molar-refractivity contribution in [1.29, 1.82) is 0 Å². The van der Waals surface area contributed by atoms with E-state index in [2.05, 4.69) is 6.92 Å². The van der Waals surface area contributed by atoms with E-state index in [1.807, 2.05) is 50.2 Å². The van der Waals surface area contributed by atoms with Crippen LogP contribution in [0.15, 0.2) is 41.2 Å². The van der Waals surface area contributed by atoms with Gasteiger partial charge in [0.25, 0.3) is 5.56 Å². The zero-order valence-corrected chi connectivity index (χ0v) is 13.7. The molecule has 0 aliphatic carbocycles. The second-order valence-corrected chi connectivity index (χ2v) is 6.01. The van der Waals surface area contributed by atoms with Gasteiger partial charge in [-0.3, -0.25) is 4.79 Å². The van der Waals surface area contributed by atoms with Crippen LogP contribution in [0, 0.1) is 0 Å². The molecular formula is C18H24N2O2. The summed E-state index contributed by atoms with van der Waals surface area (Å²) in [6.07, 6.45) is 0.872. The van der Waals surface area contributed by atoms with Crippen LogP contribution in [-0.2, 0) is 12.1 Å². The van der Waals surface area contributed by atoms with Gasteiger partial charge in [-0.1, -0.05) is 19.1 Å². The SMILES string of the molecule is CCCn1c(-c2ccccc2OC)ccc(C(C)(C)N)c1=O. The maximum Gasteiger partial charge on any atom is 0.256 e. The van der Waals surface area contributed by atoms with Crippen LogP contribution in [0.2, 0.25) is 0 Å². The molecule has 0 aliphatic rings. The molecule has 0 spiro atoms. The van der Waals surface area contributed by atoms with Crippen LogP contribution in [0.4, 0.5) is 0 Å². The van der Waals surface area contributed by atoms with Gasteiger partial charge in [0.15, 0.2) is 0 Å². The second-order valence-electron chi connectivity index (χ2n) is 6.01. The standard InChI is InChI=1S/C18H24N2O2/c1-5-12-20-15(13-8-6-7-9-16(13)22-4)11-10-14(17(20)21)18(2,3)19/h6-11H,5,12,19H2,1-4H3. The van der Waals surface area contributed by atoms with Crippen molar-refractivity contribution in [3.05, 3.63) is 52.3 Å². The van der Waals surface area contributed by atoms with Crippen molar-refractivity contribution in [3.8, 4) is 17.0 Å². The smallest absolute Gasteiger partial charge is 0.256 e. The molecule has 0 bridgehead atoms. The van der Waals surface area contributed by atoms with Crippen LogP contribution in [0.25, 0.3) is 11.3 Å². The normalized spacial score (nSPS) is 11.5. The fourth-order valence-electron chi connectivity index (χ4n) is 2.61. The van der Waals surface area contributed by atoms with Gasteiger partial charge in [-0.2, -0.15) is 0 Å². The van der Waals surface area contributed by atoms with Crippen LogP contribution >= 0.6 is 0 Å². The van der Waals surface area contributed by atoms with E-state index in [-0.39, 0.29) is 5.56 Å². The largest absolute Gasteiger partial charge is 0.496 e. The molecule has 1 heterocycles. The van der Waals surface area contributed by atoms with Gasteiger partial charge in [0, 0.05) is 23.2 Å². The average Bonchev–Trinajstić information content (AvgIpc) is 2.48. The van der Waals surface area contributed by atoms with E-state index in [1.165, 1.54) is 0 Å². The molecule has 0 saturated carbocycles. The van der Waals surface area contributed by atoms with Gasteiger partial charge in [0.1, 0.15) is 5.75 Å². The number of para-hydroxylation sites is 1. The number of hydrogen-bond acceptors (Lipinski definition) is 3. The molecule has 0 fully saturated rings. The van der Waals surface area contributed by atoms with E-state index >= 15 is 0 Å². The average molecular weight is 300 g/mol. The Morgan fingerprint density at radius 3 is 2.45 bits per heavy atom. The Morgan fingerprint density at radius 2 is 1.86 bits per heavy atom. The maximum absolute atomic E-state index is 12.8. The highest BCUT2D eigenvalue weighted by atomic mass is 16.5. The number of aromatic nitrogens is 1. The lowest BCUT2D eigenvalue weighted by atomic mass is 9.96. The molecule has 0 amide bonds. The van der Waals surface area contributed by atoms with Crippen LogP contribution in [0.5, 0.6) is 5.75 Å². The second kappa shape index (κ2) is 6.36. The van der Waals surface area contributed by atoms with E-state index in [9.17, 15) is 4.79 Å². The van der Waals surface area contributed by atoms with Crippen LogP contribution in [0.1, 0.15) is 32.8 Å². The monoisotopic (exact) mass is 300 g/mol. The van der Waals surface area contributed by atoms with Crippen LogP contribution in [-0.4, -0.2) is 11.7 Å². The summed E-state index contributed by atoms with van der Waals surface area (Å²) in [6.45, 7) is 6.40. The summed E-state index contributed by atoms with van der Waals surface area (Å²) in [7, 11) is 1.64. The number of benzene rings is 1. The summed E-state index contributed by atoms with van der Waals surface area (Å²) in [4.78, 5) is 12.8. The van der Waals surface area contributed by atoms with Gasteiger partial charge >= 0.3 is 0 Å². The molecule has 0 radical (unpaired) electrons. The third-order valence-corrected chi connectivity index (χ3v) is 3.70. The number of rotatable bonds is 5. The van der Waals surface area contributed by atoms with E-state index < -0.39 is 5.54 Å². The first-order chi connectivity index (χ1) is 10.4. The highest BCUT2D eigenvalue weighted by Gasteiger charge is 2.21. The summed E-state index contributed by atoms with van der Waals surface area (Å²) < 4.78 is 7.22. The molecule has 0 atom stereocenters. The number of ether oxygens (including phenoxy) is 1. The topological polar surface area (TPSA) is 57.2 Å². The van der Waals surface area contributed by atoms with E-state index in [4.69, 9.17) is 10.5 Å². The lowest BCUT2D eigenvalue weighted by Gasteiger charge is -2.22. The fraction of sp³-hybridized carbons (Fsp3) is 0.389. The minimum absolute atomic E-state index is 0.0299. The number of methoxy groups -OCH3 is 1. The Kier molecular flexibility index (Phi) is 4.71. The van der Waals surface area contributed by atoms with E-state index in [0.29, 0.717) is 12.1 Å². The minimum atomic E-state index is -0.661. The van der Waals surface area contributed by atoms with Gasteiger partial charge in [0.2, 0.25) is 0 Å². The van der Waals surface area contributed by atoms with Crippen LogP contribution in [0.3, 0.4) is 0 Å². The predicted octanol–water partition coefficient (Wildman–Crippen LogP) is 3.13. The van der Waals surface area contributed by atoms with Gasteiger partial charge in [-0.25, -0.2) is 0 Å². The lowest BCUT2D eigenvalue weighted by molar-refractivity contribution is 0.416. The van der Waals surface area contributed by atoms with Crippen molar-refractivity contribution < 1.29 is 4.74 Å². The summed E-state index contributed by atoms with van der Waals surface area (Å²) >= 11 is 0. The fourth-order valence-corrected chi connectivity index (χ4v) is 2.61. The Morgan fingerprint density at radius 1 is 1.18 bits per heavy atom. The van der Waals surface area contributed by atoms with Crippen molar-refractivity contribution in [1.82, 2.24) is 4.57 Å². The molecule has 0 aliphatic heterocycles. The Balaban J connectivity index is 2.72. The number of hydrogen-bond donors (Lipinski definition) is 1. The highest BCUT2D eigenvalue weighted by molar-refractivity contribution is 5.67. The number of pyridine rings is 1. The van der Waals surface area contributed by atoms with E-state index in [0.717, 1.165) is 23.4 Å². The minimum Gasteiger partial charge on any atom is -0.496 e. The van der Waals surface area contributed by atoms with Crippen LogP contribution < -0.4 is 16.0 Å². The number of nitrogens with two attached hydrogens (primary N) is 1. The molecule has 4 nitrogen and oxygen atoms in total. The Bertz CT molecular complexity index is 712. The molecule has 22 heavy (non-hydrogen) atoms. The molecule has 118 valence electrons. The molecule has 2 rings (SSSR count). The van der Waals surface area contributed by atoms with Crippen molar-refractivity contribution in [2.24, 2.45) is 5.73 Å². The zero-order valence-electron chi connectivity index (χ0n) is 13.7. The van der Waals surface area contributed by atoms with E-state index in [1.54, 1.807) is 11.7 Å². The Hall–Kier alpha value is -2.07. The van der Waals surface area contributed by atoms with Gasteiger partial charge in [0.05, 0.1) is 12.8 Å². The highest BCUT2D eigenvalue weighted by Crippen LogP contribution is 2.29. The molecular weight excluding hydrogens is 276 g/mol. The zero-order chi connectivity index (χ0) is 16.3. The first-order valence-electron chi connectivity index (χ1n) is 7.56. The molecule has 0 saturated heterocycles. The van der Waals surface area contributed by atoms with Crippen molar-refractivity contribution in [2.75, 3.05) is 7.11 Å². The number of nitrogens with zero attached hydrogens (tertiary/aromatic N) is 1. The summed E-state index contributed by atoms with van der Waals surface area (Å²) in [5, 5.41) is 0. The molecule has 4 heteroatoms. The quantitative estimate of drug-likeness (QED) is 0.923. The van der Waals surface area contributed by atoms with Crippen molar-refractivity contribution in [3.63, 3.8) is 0 Å². The van der Waals surface area contributed by atoms with Gasteiger partial charge in [-0.15, -0.1) is 0 Å². The van der Waals surface area contributed by atoms with Crippen molar-refractivity contribution in [2.45, 2.75) is 39.3 Å². The molecule has 1 aromatic carbocycles. The van der Waals surface area contributed by atoms with Gasteiger partial charge in [-0.05, 0) is 44.5 Å². The Labute approximate surface area is 131 Å². The summed E-state index contributed by atoms with van der Waals surface area (Å²) in [5.41, 5.74) is 7.84. The molecule has 2 N–H and O–H groups in total. The molecule has 0 unspecified atom stereocenters. The first-order valence-corrected chi connectivity index (χ1v) is 7.56.